The van der Waals surface area contributed by atoms with Crippen LogP contribution in [0, 0.1) is 11.3 Å². The monoisotopic (exact) mass is 268 g/mol. The number of methoxy groups -OCH3 is 1. The van der Waals surface area contributed by atoms with E-state index in [1.54, 1.807) is 0 Å². The molecule has 1 aliphatic heterocycles. The molecule has 19 heavy (non-hydrogen) atoms. The summed E-state index contributed by atoms with van der Waals surface area (Å²) in [6.07, 6.45) is 7.35. The minimum atomic E-state index is 0.474. The second-order valence-electron chi connectivity index (χ2n) is 7.11. The maximum Gasteiger partial charge on any atom is 0.0710 e. The highest BCUT2D eigenvalue weighted by molar-refractivity contribution is 4.91. The SMILES string of the molecule is COC1CCN(CC2(CNCC(C)C)CCCC2)C1. The summed E-state index contributed by atoms with van der Waals surface area (Å²) in [6, 6.07) is 0. The number of hydrogen-bond acceptors (Lipinski definition) is 3. The molecule has 0 bridgehead atoms. The molecule has 1 heterocycles. The van der Waals surface area contributed by atoms with Crippen LogP contribution in [0.4, 0.5) is 0 Å². The fraction of sp³-hybridized carbons (Fsp3) is 1.00. The summed E-state index contributed by atoms with van der Waals surface area (Å²) < 4.78 is 5.49. The van der Waals surface area contributed by atoms with Gasteiger partial charge in [0.15, 0.2) is 0 Å². The predicted molar refractivity (Wildman–Crippen MR) is 80.5 cm³/mol. The Kier molecular flexibility index (Phi) is 5.67. The van der Waals surface area contributed by atoms with Gasteiger partial charge in [0.1, 0.15) is 0 Å². The molecule has 0 amide bonds. The number of likely N-dealkylation sites (tertiary alicyclic amines) is 1. The van der Waals surface area contributed by atoms with Crippen LogP contribution in [0.25, 0.3) is 0 Å². The van der Waals surface area contributed by atoms with Crippen molar-refractivity contribution < 1.29 is 4.74 Å². The first-order valence-electron chi connectivity index (χ1n) is 8.09. The van der Waals surface area contributed by atoms with Crippen molar-refractivity contribution in [2.24, 2.45) is 11.3 Å². The van der Waals surface area contributed by atoms with Crippen LogP contribution in [-0.2, 0) is 4.74 Å². The van der Waals surface area contributed by atoms with Crippen molar-refractivity contribution in [2.45, 2.75) is 52.1 Å². The van der Waals surface area contributed by atoms with Gasteiger partial charge >= 0.3 is 0 Å². The van der Waals surface area contributed by atoms with Crippen molar-refractivity contribution in [1.82, 2.24) is 10.2 Å². The molecular formula is C16H32N2O. The molecule has 1 saturated carbocycles. The van der Waals surface area contributed by atoms with E-state index in [4.69, 9.17) is 4.74 Å². The molecule has 1 N–H and O–H groups in total. The van der Waals surface area contributed by atoms with Crippen LogP contribution < -0.4 is 5.32 Å². The summed E-state index contributed by atoms with van der Waals surface area (Å²) in [6.45, 7) is 10.6. The zero-order valence-corrected chi connectivity index (χ0v) is 13.1. The Hall–Kier alpha value is -0.120. The lowest BCUT2D eigenvalue weighted by atomic mass is 9.85. The van der Waals surface area contributed by atoms with E-state index in [0.717, 1.165) is 19.0 Å². The second-order valence-corrected chi connectivity index (χ2v) is 7.11. The predicted octanol–water partition coefficient (Wildman–Crippen LogP) is 2.51. The lowest BCUT2D eigenvalue weighted by Crippen LogP contribution is -2.43. The average molecular weight is 268 g/mol. The molecule has 1 saturated heterocycles. The van der Waals surface area contributed by atoms with Gasteiger partial charge in [-0.2, -0.15) is 0 Å². The van der Waals surface area contributed by atoms with Crippen molar-refractivity contribution in [3.8, 4) is 0 Å². The molecule has 1 unspecified atom stereocenters. The third-order valence-electron chi connectivity index (χ3n) is 4.84. The van der Waals surface area contributed by atoms with Gasteiger partial charge in [0.2, 0.25) is 0 Å². The highest BCUT2D eigenvalue weighted by atomic mass is 16.5. The number of ether oxygens (including phenoxy) is 1. The quantitative estimate of drug-likeness (QED) is 0.768. The largest absolute Gasteiger partial charge is 0.380 e. The normalized spacial score (nSPS) is 27.5. The van der Waals surface area contributed by atoms with Gasteiger partial charge in [0.05, 0.1) is 6.10 Å². The molecule has 0 aromatic rings. The summed E-state index contributed by atoms with van der Waals surface area (Å²) in [7, 11) is 1.85. The first kappa shape index (κ1) is 15.3. The molecule has 0 spiro atoms. The number of hydrogen-bond donors (Lipinski definition) is 1. The van der Waals surface area contributed by atoms with Gasteiger partial charge in [-0.25, -0.2) is 0 Å². The first-order valence-corrected chi connectivity index (χ1v) is 8.09. The summed E-state index contributed by atoms with van der Waals surface area (Å²) in [4.78, 5) is 2.64. The van der Waals surface area contributed by atoms with Gasteiger partial charge in [-0.3, -0.25) is 0 Å². The van der Waals surface area contributed by atoms with Crippen LogP contribution >= 0.6 is 0 Å². The van der Waals surface area contributed by atoms with Gasteiger partial charge in [0.25, 0.3) is 0 Å². The van der Waals surface area contributed by atoms with Crippen LogP contribution in [0.5, 0.6) is 0 Å². The standard InChI is InChI=1S/C16H32N2O/c1-14(2)10-17-12-16(7-4-5-8-16)13-18-9-6-15(11-18)19-3/h14-15,17H,4-13H2,1-3H3. The molecule has 0 radical (unpaired) electrons. The lowest BCUT2D eigenvalue weighted by molar-refractivity contribution is 0.0968. The summed E-state index contributed by atoms with van der Waals surface area (Å²) in [5, 5.41) is 3.71. The Morgan fingerprint density at radius 1 is 1.32 bits per heavy atom. The molecular weight excluding hydrogens is 236 g/mol. The van der Waals surface area contributed by atoms with E-state index in [0.29, 0.717) is 11.5 Å². The maximum atomic E-state index is 5.49. The molecule has 3 nitrogen and oxygen atoms in total. The van der Waals surface area contributed by atoms with E-state index >= 15 is 0 Å². The third-order valence-corrected chi connectivity index (χ3v) is 4.84. The van der Waals surface area contributed by atoms with Gasteiger partial charge in [-0.05, 0) is 37.1 Å². The van der Waals surface area contributed by atoms with E-state index < -0.39 is 0 Å². The Labute approximate surface area is 119 Å². The van der Waals surface area contributed by atoms with E-state index in [1.807, 2.05) is 7.11 Å². The van der Waals surface area contributed by atoms with Crippen LogP contribution in [-0.4, -0.2) is 50.8 Å². The minimum absolute atomic E-state index is 0.474. The third kappa shape index (κ3) is 4.44. The van der Waals surface area contributed by atoms with E-state index in [2.05, 4.69) is 24.1 Å². The van der Waals surface area contributed by atoms with Gasteiger partial charge in [0, 0.05) is 33.3 Å². The van der Waals surface area contributed by atoms with Crippen molar-refractivity contribution >= 4 is 0 Å². The fourth-order valence-corrected chi connectivity index (χ4v) is 3.75. The van der Waals surface area contributed by atoms with Gasteiger partial charge < -0.3 is 15.0 Å². The molecule has 1 aliphatic carbocycles. The Morgan fingerprint density at radius 3 is 2.63 bits per heavy atom. The summed E-state index contributed by atoms with van der Waals surface area (Å²) in [5.74, 6) is 0.753. The van der Waals surface area contributed by atoms with Crippen LogP contribution in [0.3, 0.4) is 0 Å². The molecule has 0 aromatic carbocycles. The molecule has 3 heteroatoms. The Balaban J connectivity index is 1.81. The van der Waals surface area contributed by atoms with E-state index in [-0.39, 0.29) is 0 Å². The number of nitrogens with one attached hydrogen (secondary N) is 1. The first-order chi connectivity index (χ1) is 9.13. The summed E-state index contributed by atoms with van der Waals surface area (Å²) >= 11 is 0. The highest BCUT2D eigenvalue weighted by Gasteiger charge is 2.37. The van der Waals surface area contributed by atoms with E-state index in [1.165, 1.54) is 51.7 Å². The zero-order valence-electron chi connectivity index (χ0n) is 13.1. The Bertz CT molecular complexity index is 261. The van der Waals surface area contributed by atoms with Crippen LogP contribution in [0.1, 0.15) is 46.0 Å². The zero-order chi connectivity index (χ0) is 13.7. The molecule has 1 atom stereocenters. The smallest absolute Gasteiger partial charge is 0.0710 e. The molecule has 2 rings (SSSR count). The van der Waals surface area contributed by atoms with Crippen molar-refractivity contribution in [1.29, 1.82) is 0 Å². The fourth-order valence-electron chi connectivity index (χ4n) is 3.75. The average Bonchev–Trinajstić information content (AvgIpc) is 2.99. The van der Waals surface area contributed by atoms with Crippen LogP contribution in [0.15, 0.2) is 0 Å². The minimum Gasteiger partial charge on any atom is -0.380 e. The molecule has 112 valence electrons. The molecule has 2 aliphatic rings. The Morgan fingerprint density at radius 2 is 2.05 bits per heavy atom. The maximum absolute atomic E-state index is 5.49. The summed E-state index contributed by atoms with van der Waals surface area (Å²) in [5.41, 5.74) is 0.539. The van der Waals surface area contributed by atoms with Crippen LogP contribution in [0.2, 0.25) is 0 Å². The van der Waals surface area contributed by atoms with Crippen molar-refractivity contribution in [3.63, 3.8) is 0 Å². The number of rotatable bonds is 7. The molecule has 0 aromatic heterocycles. The van der Waals surface area contributed by atoms with Gasteiger partial charge in [-0.1, -0.05) is 26.7 Å². The molecule has 2 fully saturated rings. The van der Waals surface area contributed by atoms with Gasteiger partial charge in [-0.15, -0.1) is 0 Å². The van der Waals surface area contributed by atoms with Crippen molar-refractivity contribution in [3.05, 3.63) is 0 Å². The van der Waals surface area contributed by atoms with E-state index in [9.17, 15) is 0 Å². The van der Waals surface area contributed by atoms with Crippen molar-refractivity contribution in [2.75, 3.05) is 39.8 Å². The number of nitrogens with zero attached hydrogens (tertiary/aromatic N) is 1. The topological polar surface area (TPSA) is 24.5 Å². The lowest BCUT2D eigenvalue weighted by Gasteiger charge is -2.34. The second kappa shape index (κ2) is 7.05. The highest BCUT2D eigenvalue weighted by Crippen LogP contribution is 2.39.